The molecule has 0 aromatic heterocycles. The standard InChI is InChI=1S/C16H29O4P/c1-6-19-21(17,20-7-2)15-11-18-16(4,5)14-9-8-12(3)10-13(14)15/h11-14H,6-10H2,1-5H3/t12-,13-,14-/m0/s1. The summed E-state index contributed by atoms with van der Waals surface area (Å²) in [5.41, 5.74) is -0.211. The minimum absolute atomic E-state index is 0.211. The van der Waals surface area contributed by atoms with E-state index < -0.39 is 7.60 Å². The van der Waals surface area contributed by atoms with Gasteiger partial charge in [0.15, 0.2) is 0 Å². The Bertz CT molecular complexity index is 434. The molecule has 0 amide bonds. The Hall–Kier alpha value is -0.310. The van der Waals surface area contributed by atoms with E-state index in [1.165, 1.54) is 6.42 Å². The first-order valence-corrected chi connectivity index (χ1v) is 9.66. The molecule has 5 heteroatoms. The summed E-state index contributed by atoms with van der Waals surface area (Å²) in [6.45, 7) is 11.0. The second-order valence-corrected chi connectivity index (χ2v) is 8.76. The summed E-state index contributed by atoms with van der Waals surface area (Å²) in [5, 5.41) is 0.752. The van der Waals surface area contributed by atoms with Crippen LogP contribution in [0.3, 0.4) is 0 Å². The van der Waals surface area contributed by atoms with Crippen LogP contribution >= 0.6 is 7.60 Å². The lowest BCUT2D eigenvalue weighted by Crippen LogP contribution is -2.44. The second kappa shape index (κ2) is 6.44. The maximum atomic E-state index is 13.1. The summed E-state index contributed by atoms with van der Waals surface area (Å²) in [6.07, 6.45) is 5.02. The minimum atomic E-state index is -3.23. The van der Waals surface area contributed by atoms with Crippen LogP contribution < -0.4 is 0 Å². The van der Waals surface area contributed by atoms with E-state index in [0.29, 0.717) is 25.0 Å². The highest BCUT2D eigenvalue weighted by molar-refractivity contribution is 7.58. The summed E-state index contributed by atoms with van der Waals surface area (Å²) in [4.78, 5) is 0. The van der Waals surface area contributed by atoms with Gasteiger partial charge in [-0.05, 0) is 46.5 Å². The molecule has 0 radical (unpaired) electrons. The lowest BCUT2D eigenvalue weighted by Gasteiger charge is -2.48. The first kappa shape index (κ1) is 17.1. The van der Waals surface area contributed by atoms with Gasteiger partial charge in [-0.3, -0.25) is 4.57 Å². The van der Waals surface area contributed by atoms with Gasteiger partial charge >= 0.3 is 7.60 Å². The Morgan fingerprint density at radius 3 is 2.48 bits per heavy atom. The van der Waals surface area contributed by atoms with Gasteiger partial charge < -0.3 is 13.8 Å². The van der Waals surface area contributed by atoms with Gasteiger partial charge in [-0.25, -0.2) is 0 Å². The molecule has 2 aliphatic rings. The van der Waals surface area contributed by atoms with Crippen molar-refractivity contribution in [3.8, 4) is 0 Å². The zero-order chi connectivity index (χ0) is 15.7. The molecule has 2 rings (SSSR count). The fourth-order valence-electron chi connectivity index (χ4n) is 3.72. The average Bonchev–Trinajstić information content (AvgIpc) is 2.38. The molecule has 0 aromatic rings. The first-order valence-electron chi connectivity index (χ1n) is 8.11. The lowest BCUT2D eigenvalue weighted by atomic mass is 9.67. The number of hydrogen-bond acceptors (Lipinski definition) is 4. The normalized spacial score (nSPS) is 32.0. The van der Waals surface area contributed by atoms with Crippen LogP contribution in [0, 0.1) is 17.8 Å². The molecule has 1 fully saturated rings. The third-order valence-corrected chi connectivity index (χ3v) is 7.05. The zero-order valence-electron chi connectivity index (χ0n) is 13.9. The first-order chi connectivity index (χ1) is 9.84. The molecule has 122 valence electrons. The van der Waals surface area contributed by atoms with Crippen LogP contribution in [0.2, 0.25) is 0 Å². The van der Waals surface area contributed by atoms with Gasteiger partial charge in [0.1, 0.15) is 5.60 Å². The van der Waals surface area contributed by atoms with Crippen LogP contribution in [0.1, 0.15) is 53.9 Å². The zero-order valence-corrected chi connectivity index (χ0v) is 14.8. The molecule has 0 bridgehead atoms. The molecule has 21 heavy (non-hydrogen) atoms. The highest BCUT2D eigenvalue weighted by atomic mass is 31.2. The molecule has 1 aliphatic heterocycles. The topological polar surface area (TPSA) is 44.8 Å². The third-order valence-electron chi connectivity index (χ3n) is 4.78. The molecule has 1 saturated carbocycles. The van der Waals surface area contributed by atoms with E-state index in [9.17, 15) is 4.57 Å². The largest absolute Gasteiger partial charge is 0.495 e. The average molecular weight is 316 g/mol. The Morgan fingerprint density at radius 1 is 1.29 bits per heavy atom. The molecular weight excluding hydrogens is 287 g/mol. The quantitative estimate of drug-likeness (QED) is 0.673. The summed E-state index contributed by atoms with van der Waals surface area (Å²) in [7, 11) is -3.23. The maximum Gasteiger partial charge on any atom is 0.360 e. The predicted octanol–water partition coefficient (Wildman–Crippen LogP) is 4.96. The van der Waals surface area contributed by atoms with E-state index in [0.717, 1.165) is 18.2 Å². The molecule has 1 heterocycles. The van der Waals surface area contributed by atoms with Crippen molar-refractivity contribution < 1.29 is 18.3 Å². The van der Waals surface area contributed by atoms with Crippen LogP contribution in [-0.4, -0.2) is 18.8 Å². The molecule has 0 N–H and O–H groups in total. The molecule has 1 aliphatic carbocycles. The lowest BCUT2D eigenvalue weighted by molar-refractivity contribution is -0.0553. The highest BCUT2D eigenvalue weighted by Gasteiger charge is 2.50. The van der Waals surface area contributed by atoms with Crippen molar-refractivity contribution in [3.05, 3.63) is 11.6 Å². The Kier molecular flexibility index (Phi) is 5.23. The Balaban J connectivity index is 2.36. The van der Waals surface area contributed by atoms with E-state index in [4.69, 9.17) is 13.8 Å². The third kappa shape index (κ3) is 3.38. The van der Waals surface area contributed by atoms with E-state index in [2.05, 4.69) is 20.8 Å². The van der Waals surface area contributed by atoms with Crippen molar-refractivity contribution in [1.82, 2.24) is 0 Å². The maximum absolute atomic E-state index is 13.1. The van der Waals surface area contributed by atoms with Crippen molar-refractivity contribution in [1.29, 1.82) is 0 Å². The van der Waals surface area contributed by atoms with Crippen molar-refractivity contribution in [2.75, 3.05) is 13.2 Å². The van der Waals surface area contributed by atoms with Crippen molar-refractivity contribution in [2.45, 2.75) is 59.5 Å². The number of fused-ring (bicyclic) bond motifs is 1. The molecular formula is C16H29O4P. The second-order valence-electron chi connectivity index (χ2n) is 6.73. The summed E-state index contributed by atoms with van der Waals surface area (Å²) in [5.74, 6) is 1.25. The van der Waals surface area contributed by atoms with Crippen LogP contribution in [0.25, 0.3) is 0 Å². The van der Waals surface area contributed by atoms with Gasteiger partial charge in [-0.1, -0.05) is 13.3 Å². The van der Waals surface area contributed by atoms with Crippen molar-refractivity contribution in [3.63, 3.8) is 0 Å². The number of rotatable bonds is 5. The van der Waals surface area contributed by atoms with Crippen LogP contribution in [0.15, 0.2) is 11.6 Å². The molecule has 0 saturated heterocycles. The van der Waals surface area contributed by atoms with Crippen molar-refractivity contribution in [2.24, 2.45) is 17.8 Å². The van der Waals surface area contributed by atoms with Gasteiger partial charge in [0.05, 0.1) is 24.8 Å². The fourth-order valence-corrected chi connectivity index (χ4v) is 5.65. The predicted molar refractivity (Wildman–Crippen MR) is 84.1 cm³/mol. The van der Waals surface area contributed by atoms with Gasteiger partial charge in [0.2, 0.25) is 0 Å². The molecule has 0 spiro atoms. The Labute approximate surface area is 128 Å². The minimum Gasteiger partial charge on any atom is -0.495 e. The van der Waals surface area contributed by atoms with Gasteiger partial charge in [0.25, 0.3) is 0 Å². The van der Waals surface area contributed by atoms with Gasteiger partial charge in [0, 0.05) is 11.8 Å². The van der Waals surface area contributed by atoms with Crippen LogP contribution in [0.4, 0.5) is 0 Å². The van der Waals surface area contributed by atoms with Crippen molar-refractivity contribution >= 4 is 7.60 Å². The number of ether oxygens (including phenoxy) is 1. The van der Waals surface area contributed by atoms with Gasteiger partial charge in [-0.2, -0.15) is 0 Å². The summed E-state index contributed by atoms with van der Waals surface area (Å²) < 4.78 is 30.2. The van der Waals surface area contributed by atoms with Crippen LogP contribution in [0.5, 0.6) is 0 Å². The molecule has 3 atom stereocenters. The summed E-state index contributed by atoms with van der Waals surface area (Å²) in [6, 6.07) is 0. The summed E-state index contributed by atoms with van der Waals surface area (Å²) >= 11 is 0. The molecule has 0 unspecified atom stereocenters. The monoisotopic (exact) mass is 316 g/mol. The van der Waals surface area contributed by atoms with E-state index in [-0.39, 0.29) is 11.5 Å². The van der Waals surface area contributed by atoms with E-state index >= 15 is 0 Å². The molecule has 4 nitrogen and oxygen atoms in total. The fraction of sp³-hybridized carbons (Fsp3) is 0.875. The Morgan fingerprint density at radius 2 is 1.90 bits per heavy atom. The molecule has 0 aromatic carbocycles. The smallest absolute Gasteiger partial charge is 0.360 e. The van der Waals surface area contributed by atoms with E-state index in [1.807, 2.05) is 13.8 Å². The van der Waals surface area contributed by atoms with E-state index in [1.54, 1.807) is 6.26 Å². The van der Waals surface area contributed by atoms with Crippen LogP contribution in [-0.2, 0) is 18.3 Å². The SMILES string of the molecule is CCOP(=O)(OCC)C1=COC(C)(C)[C@H]2CC[C@H](C)C[C@H]12. The van der Waals surface area contributed by atoms with Gasteiger partial charge in [-0.15, -0.1) is 0 Å². The number of allylic oxidation sites excluding steroid dienone is 1. The highest BCUT2D eigenvalue weighted by Crippen LogP contribution is 2.64. The number of hydrogen-bond donors (Lipinski definition) is 0.